The zero-order valence-electron chi connectivity index (χ0n) is 42.5. The molecule has 74 heavy (non-hydrogen) atoms. The molecule has 0 aromatic carbocycles. The van der Waals surface area contributed by atoms with E-state index >= 15 is 0 Å². The van der Waals surface area contributed by atoms with Gasteiger partial charge in [0.2, 0.25) is 11.8 Å². The summed E-state index contributed by atoms with van der Waals surface area (Å²) in [5, 5.41) is 26.4. The Morgan fingerprint density at radius 2 is 1.41 bits per heavy atom. The summed E-state index contributed by atoms with van der Waals surface area (Å²) in [5.74, 6) is -1.20. The summed E-state index contributed by atoms with van der Waals surface area (Å²) >= 11 is 1.08. The number of aliphatic hydroxyl groups is 2. The van der Waals surface area contributed by atoms with E-state index in [-0.39, 0.29) is 60.1 Å². The van der Waals surface area contributed by atoms with Gasteiger partial charge in [0, 0.05) is 37.1 Å². The number of rotatable bonds is 33. The molecule has 3 heterocycles. The predicted molar refractivity (Wildman–Crippen MR) is 276 cm³/mol. The van der Waals surface area contributed by atoms with Crippen LogP contribution >= 0.6 is 35.2 Å². The molecule has 31 heteroatoms. The zero-order chi connectivity index (χ0) is 52.5. The van der Waals surface area contributed by atoms with E-state index in [1.165, 1.54) is 13.8 Å². The Bertz CT molecular complexity index is 2370. The molecule has 0 radical (unpaired) electrons. The van der Waals surface area contributed by atoms with E-state index in [0.29, 0.717) is 18.6 Å². The Kier molecular flexibility index (Phi) is 33.3. The lowest BCUT2D eigenvalue weighted by Gasteiger charge is -2.35. The number of nitrogen functional groups attached to an aromatic ring is 1. The van der Waals surface area contributed by atoms with Gasteiger partial charge >= 0.3 is 0 Å². The van der Waals surface area contributed by atoms with Crippen molar-refractivity contribution < 1.29 is 80.5 Å². The molecule has 27 nitrogen and oxygen atoms in total. The van der Waals surface area contributed by atoms with Gasteiger partial charge in [-0.25, -0.2) is 19.3 Å². The van der Waals surface area contributed by atoms with E-state index in [1.807, 2.05) is 12.2 Å². The van der Waals surface area contributed by atoms with Gasteiger partial charge in [0.05, 0.1) is 19.5 Å². The smallest absolute Gasteiger partial charge is 0.274 e. The lowest BCUT2D eigenvalue weighted by Crippen LogP contribution is -2.46. The fourth-order valence-corrected chi connectivity index (χ4v) is 9.63. The van der Waals surface area contributed by atoms with Crippen molar-refractivity contribution in [3.63, 3.8) is 0 Å². The van der Waals surface area contributed by atoms with Crippen LogP contribution in [0, 0.1) is 5.41 Å². The second-order valence-corrected chi connectivity index (χ2v) is 21.4. The number of carbonyl (C=O) groups is 3. The van der Waals surface area contributed by atoms with E-state index < -0.39 is 84.6 Å². The molecule has 0 aliphatic carbocycles. The summed E-state index contributed by atoms with van der Waals surface area (Å²) in [5.41, 5.74) is 4.12. The number of amides is 2. The maximum atomic E-state index is 12.7. The van der Waals surface area contributed by atoms with Gasteiger partial charge in [-0.3, -0.25) is 32.6 Å². The molecule has 19 N–H and O–H groups in total. The summed E-state index contributed by atoms with van der Waals surface area (Å²) in [4.78, 5) is 94.9. The highest BCUT2D eigenvalue weighted by atomic mass is 32.2. The van der Waals surface area contributed by atoms with Gasteiger partial charge in [0.25, 0.3) is 23.5 Å². The van der Waals surface area contributed by atoms with Gasteiger partial charge in [0.15, 0.2) is 22.8 Å². The Morgan fingerprint density at radius 3 is 1.97 bits per heavy atom. The normalized spacial score (nSPS) is 20.1. The molecule has 1 aliphatic rings. The number of phosphoric ester groups is 3. The Balaban J connectivity index is 0.0000178. The number of imidazole rings is 1. The van der Waals surface area contributed by atoms with E-state index in [2.05, 4.69) is 111 Å². The van der Waals surface area contributed by atoms with Crippen LogP contribution in [0.1, 0.15) is 84.8 Å². The number of ether oxygens (including phenoxy) is 1. The SMILES string of the molecule is CC/C=C\C/C=C\C/C=C\C/C=C\C/C=C\C/C=C\CCC(=O)SCCNC(=O)CCNC(=O)[C@H](O)C(C)(C)COP(=O)([O-])OP(=O)([O-])OC[C@H]1O[C@@H](n2cnc3c(N)ncnc32)[C@H](O)[C@@H]1OP(=O)([O-])O.[NH4+].[NH4+].[NH4+]. The molecule has 3 rings (SSSR count). The van der Waals surface area contributed by atoms with E-state index in [1.54, 1.807) is 0 Å². The van der Waals surface area contributed by atoms with Gasteiger partial charge < -0.3 is 82.9 Å². The standard InChI is InChI=1S/C43H66N7O17P3S.3H3N/c1-4-5-6-7-8-9-10-11-12-13-14-15-16-17-18-19-20-21-22-23-34(52)71-27-26-45-33(51)24-25-46-41(55)38(54)43(2,3)29-64-70(61,62)67-69(59,60)63-28-32-37(66-68(56,57)58)36(53)42(65-32)50-31-49-35-39(44)47-30-48-40(35)50;;;/h5-6,8-9,11-12,14-15,17-18,20-21,30-32,36-38,42,53-54H,4,7,10,13,16,19,22-29H2,1-3H3,(H,45,51)(H,46,55)(H,59,60)(H,61,62)(H2,44,47,48)(H2,56,57,58);3*1H3/b6-5-,9-8-,12-11-,15-14-,18-17-,21-20-;;;/t32-,36-,37-,38+,42-;;;/m1.../s1. The third-order valence-corrected chi connectivity index (χ3v) is 13.8. The Morgan fingerprint density at radius 1 is 0.851 bits per heavy atom. The first-order chi connectivity index (χ1) is 33.6. The number of thioether (sulfide) groups is 1. The number of quaternary nitrogens is 3. The van der Waals surface area contributed by atoms with Crippen molar-refractivity contribution in [1.82, 2.24) is 48.6 Å². The monoisotopic (exact) mass is 1130 g/mol. The van der Waals surface area contributed by atoms with Crippen LogP contribution in [0.4, 0.5) is 5.82 Å². The molecular weight excluding hydrogens is 1050 g/mol. The van der Waals surface area contributed by atoms with Crippen LogP contribution < -0.4 is 49.5 Å². The van der Waals surface area contributed by atoms with Crippen molar-refractivity contribution in [2.45, 2.75) is 109 Å². The van der Waals surface area contributed by atoms with Crippen molar-refractivity contribution in [3.8, 4) is 0 Å². The van der Waals surface area contributed by atoms with Crippen LogP contribution in [0.25, 0.3) is 11.2 Å². The van der Waals surface area contributed by atoms with Crippen LogP contribution in [0.3, 0.4) is 0 Å². The van der Waals surface area contributed by atoms with Crippen molar-refractivity contribution in [1.29, 1.82) is 0 Å². The number of hydrogen-bond donors (Lipinski definition) is 9. The van der Waals surface area contributed by atoms with Crippen LogP contribution in [0.15, 0.2) is 85.6 Å². The first kappa shape index (κ1) is 69.9. The van der Waals surface area contributed by atoms with Crippen LogP contribution in [-0.2, 0) is 50.7 Å². The second-order valence-electron chi connectivity index (χ2n) is 16.2. The molecule has 1 saturated heterocycles. The molecule has 0 saturated carbocycles. The van der Waals surface area contributed by atoms with Gasteiger partial charge in [0.1, 0.15) is 36.3 Å². The average Bonchev–Trinajstić information content (AvgIpc) is 3.86. The molecule has 0 spiro atoms. The van der Waals surface area contributed by atoms with Crippen LogP contribution in [0.5, 0.6) is 0 Å². The third kappa shape index (κ3) is 26.6. The molecule has 0 bridgehead atoms. The summed E-state index contributed by atoms with van der Waals surface area (Å²) in [6, 6.07) is 0. The first-order valence-electron chi connectivity index (χ1n) is 22.4. The predicted octanol–water partition coefficient (Wildman–Crippen LogP) is 4.38. The van der Waals surface area contributed by atoms with Crippen molar-refractivity contribution in [2.24, 2.45) is 5.41 Å². The fraction of sp³-hybridized carbons (Fsp3) is 0.535. The number of nitrogens with one attached hydrogen (secondary N) is 2. The minimum atomic E-state index is -5.91. The van der Waals surface area contributed by atoms with Crippen molar-refractivity contribution >= 4 is 69.1 Å². The lowest BCUT2D eigenvalue weighted by molar-refractivity contribution is -0.247. The second kappa shape index (κ2) is 35.3. The Labute approximate surface area is 434 Å². The maximum Gasteiger partial charge on any atom is 0.274 e. The number of phosphoric acid groups is 3. The number of nitrogens with zero attached hydrogens (tertiary/aromatic N) is 4. The molecular formula is C43H75N10O17P3S. The lowest BCUT2D eigenvalue weighted by atomic mass is 9.87. The maximum absolute atomic E-state index is 12.7. The molecule has 1 fully saturated rings. The highest BCUT2D eigenvalue weighted by Gasteiger charge is 2.48. The van der Waals surface area contributed by atoms with E-state index in [4.69, 9.17) is 10.5 Å². The molecule has 1 aliphatic heterocycles. The number of hydrogen-bond acceptors (Lipinski definition) is 21. The minimum Gasteiger partial charge on any atom is -0.756 e. The number of allylic oxidation sites excluding steroid dienone is 12. The third-order valence-electron chi connectivity index (χ3n) is 9.86. The Hall–Kier alpha value is -4.12. The van der Waals surface area contributed by atoms with Gasteiger partial charge in [-0.1, -0.05) is 105 Å². The van der Waals surface area contributed by atoms with Crippen LogP contribution in [0.2, 0.25) is 0 Å². The average molecular weight is 1130 g/mol. The number of anilines is 1. The summed E-state index contributed by atoms with van der Waals surface area (Å²) in [6.45, 7) is 2.25. The van der Waals surface area contributed by atoms with Crippen LogP contribution in [-0.4, -0.2) is 108 Å². The molecule has 8 atom stereocenters. The molecule has 2 amide bonds. The number of aliphatic hydroxyl groups excluding tert-OH is 2. The highest BCUT2D eigenvalue weighted by molar-refractivity contribution is 8.13. The summed E-state index contributed by atoms with van der Waals surface area (Å²) < 4.78 is 61.2. The summed E-state index contributed by atoms with van der Waals surface area (Å²) in [6.07, 6.45) is 24.3. The molecule has 2 aromatic heterocycles. The first-order valence-corrected chi connectivity index (χ1v) is 27.9. The molecule has 3 unspecified atom stereocenters. The number of fused-ring (bicyclic) bond motifs is 1. The molecule has 2 aromatic rings. The quantitative estimate of drug-likeness (QED) is 0.0272. The van der Waals surface area contributed by atoms with Gasteiger partial charge in [-0.2, -0.15) is 0 Å². The topological polar surface area (TPSA) is 482 Å². The van der Waals surface area contributed by atoms with Crippen molar-refractivity contribution in [3.05, 3.63) is 85.6 Å². The largest absolute Gasteiger partial charge is 0.756 e. The number of carbonyl (C=O) groups excluding carboxylic acids is 3. The summed E-state index contributed by atoms with van der Waals surface area (Å²) in [7, 11) is -17.4. The van der Waals surface area contributed by atoms with E-state index in [9.17, 15) is 57.9 Å². The van der Waals surface area contributed by atoms with E-state index in [0.717, 1.165) is 67.5 Å². The highest BCUT2D eigenvalue weighted by Crippen LogP contribution is 2.56. The fourth-order valence-electron chi connectivity index (χ4n) is 6.19. The zero-order valence-corrected chi connectivity index (χ0v) is 46.0. The number of nitrogens with two attached hydrogens (primary N) is 1. The van der Waals surface area contributed by atoms with Gasteiger partial charge in [-0.05, 0) is 44.9 Å². The minimum absolute atomic E-state index is 0. The van der Waals surface area contributed by atoms with Crippen molar-refractivity contribution in [2.75, 3.05) is 37.8 Å². The van der Waals surface area contributed by atoms with Gasteiger partial charge in [-0.15, -0.1) is 0 Å². The molecule has 420 valence electrons. The number of aromatic nitrogens is 4.